The van der Waals surface area contributed by atoms with Crippen LogP contribution in [-0.2, 0) is 9.59 Å². The summed E-state index contributed by atoms with van der Waals surface area (Å²) in [4.78, 5) is 38.7. The fourth-order valence-corrected chi connectivity index (χ4v) is 4.49. The summed E-state index contributed by atoms with van der Waals surface area (Å²) in [5, 5.41) is 11.6. The van der Waals surface area contributed by atoms with Crippen molar-refractivity contribution in [3.8, 4) is 0 Å². The number of amides is 1. The number of nitrogens with zero attached hydrogens (tertiary/aromatic N) is 2. The molecule has 1 heterocycles. The number of allylic oxidation sites excluding steroid dienone is 2. The molecule has 4 rings (SSSR count). The van der Waals surface area contributed by atoms with Gasteiger partial charge in [-0.1, -0.05) is 34.1 Å². The smallest absolute Gasteiger partial charge is 0.293 e. The number of halogens is 1. The first-order chi connectivity index (χ1) is 13.9. The van der Waals surface area contributed by atoms with Crippen molar-refractivity contribution < 1.29 is 14.5 Å². The standard InChI is InChI=1S/C22H19BrN2O4/c1-13-5-10-17(19(11-13)25(28)29)24-18-3-2-4-20(26)22(18)16(12-21(24)27)14-6-8-15(23)9-7-14/h5-11,16H,2-4,12H2,1H3. The minimum absolute atomic E-state index is 0.0198. The van der Waals surface area contributed by atoms with E-state index in [1.54, 1.807) is 19.1 Å². The number of rotatable bonds is 3. The lowest BCUT2D eigenvalue weighted by molar-refractivity contribution is -0.384. The van der Waals surface area contributed by atoms with Gasteiger partial charge in [0.15, 0.2) is 5.78 Å². The molecule has 148 valence electrons. The van der Waals surface area contributed by atoms with Crippen molar-refractivity contribution in [2.24, 2.45) is 0 Å². The van der Waals surface area contributed by atoms with E-state index in [4.69, 9.17) is 0 Å². The zero-order valence-electron chi connectivity index (χ0n) is 15.9. The molecular formula is C22H19BrN2O4. The van der Waals surface area contributed by atoms with Gasteiger partial charge in [0, 0.05) is 40.6 Å². The maximum absolute atomic E-state index is 13.2. The molecule has 0 radical (unpaired) electrons. The van der Waals surface area contributed by atoms with Gasteiger partial charge in [0.1, 0.15) is 5.69 Å². The minimum atomic E-state index is -0.471. The van der Waals surface area contributed by atoms with Gasteiger partial charge in [-0.15, -0.1) is 0 Å². The maximum Gasteiger partial charge on any atom is 0.293 e. The van der Waals surface area contributed by atoms with Gasteiger partial charge in [0.25, 0.3) is 5.69 Å². The maximum atomic E-state index is 13.2. The number of hydrogen-bond donors (Lipinski definition) is 0. The second-order valence-electron chi connectivity index (χ2n) is 7.42. The van der Waals surface area contributed by atoms with Crippen molar-refractivity contribution >= 4 is 39.0 Å². The molecule has 0 bridgehead atoms. The van der Waals surface area contributed by atoms with Crippen molar-refractivity contribution in [2.45, 2.75) is 38.5 Å². The number of carbonyl (C=O) groups is 2. The van der Waals surface area contributed by atoms with E-state index in [1.807, 2.05) is 24.3 Å². The van der Waals surface area contributed by atoms with Crippen molar-refractivity contribution in [2.75, 3.05) is 4.90 Å². The normalized spacial score (nSPS) is 19.4. The fourth-order valence-electron chi connectivity index (χ4n) is 4.22. The van der Waals surface area contributed by atoms with Gasteiger partial charge in [-0.3, -0.25) is 24.6 Å². The molecule has 2 aromatic carbocycles. The third kappa shape index (κ3) is 3.51. The Kier molecular flexibility index (Phi) is 5.08. The summed E-state index contributed by atoms with van der Waals surface area (Å²) in [5.41, 5.74) is 2.99. The molecule has 0 aromatic heterocycles. The Balaban J connectivity index is 1.90. The summed E-state index contributed by atoms with van der Waals surface area (Å²) in [6.45, 7) is 1.77. The van der Waals surface area contributed by atoms with E-state index in [2.05, 4.69) is 15.9 Å². The van der Waals surface area contributed by atoms with E-state index in [0.29, 0.717) is 30.5 Å². The monoisotopic (exact) mass is 454 g/mol. The summed E-state index contributed by atoms with van der Waals surface area (Å²) in [5.74, 6) is -0.524. The van der Waals surface area contributed by atoms with E-state index < -0.39 is 4.92 Å². The molecule has 1 aliphatic heterocycles. The molecule has 0 N–H and O–H groups in total. The number of carbonyl (C=O) groups excluding carboxylic acids is 2. The predicted octanol–water partition coefficient (Wildman–Crippen LogP) is 5.19. The first-order valence-corrected chi connectivity index (χ1v) is 10.3. The summed E-state index contributed by atoms with van der Waals surface area (Å²) in [6.07, 6.45) is 1.72. The highest BCUT2D eigenvalue weighted by Crippen LogP contribution is 2.45. The van der Waals surface area contributed by atoms with E-state index in [-0.39, 0.29) is 35.4 Å². The Morgan fingerprint density at radius 2 is 1.83 bits per heavy atom. The van der Waals surface area contributed by atoms with Crippen LogP contribution in [0.2, 0.25) is 0 Å². The number of benzene rings is 2. The van der Waals surface area contributed by atoms with E-state index in [0.717, 1.165) is 15.6 Å². The van der Waals surface area contributed by atoms with Crippen LogP contribution in [0, 0.1) is 17.0 Å². The molecule has 0 fully saturated rings. The van der Waals surface area contributed by atoms with Gasteiger partial charge in [-0.25, -0.2) is 0 Å². The van der Waals surface area contributed by atoms with Crippen molar-refractivity contribution in [1.82, 2.24) is 0 Å². The molecule has 7 heteroatoms. The van der Waals surface area contributed by atoms with E-state index in [1.165, 1.54) is 11.0 Å². The molecule has 1 atom stereocenters. The van der Waals surface area contributed by atoms with Crippen LogP contribution < -0.4 is 4.90 Å². The van der Waals surface area contributed by atoms with Crippen LogP contribution >= 0.6 is 15.9 Å². The summed E-state index contributed by atoms with van der Waals surface area (Å²) < 4.78 is 0.921. The quantitative estimate of drug-likeness (QED) is 0.471. The molecule has 1 amide bonds. The number of ketones is 1. The highest BCUT2D eigenvalue weighted by molar-refractivity contribution is 9.10. The van der Waals surface area contributed by atoms with Crippen LogP contribution in [0.4, 0.5) is 11.4 Å². The van der Waals surface area contributed by atoms with Gasteiger partial charge >= 0.3 is 0 Å². The SMILES string of the molecule is Cc1ccc(N2C(=O)CC(c3ccc(Br)cc3)C3=C2CCCC3=O)c([N+](=O)[O-])c1. The average Bonchev–Trinajstić information content (AvgIpc) is 2.68. The van der Waals surface area contributed by atoms with Gasteiger partial charge in [0.2, 0.25) is 5.91 Å². The van der Waals surface area contributed by atoms with E-state index in [9.17, 15) is 19.7 Å². The zero-order valence-corrected chi connectivity index (χ0v) is 17.4. The molecule has 1 unspecified atom stereocenters. The van der Waals surface area contributed by atoms with Crippen LogP contribution in [0.1, 0.15) is 42.7 Å². The van der Waals surface area contributed by atoms with Crippen molar-refractivity contribution in [1.29, 1.82) is 0 Å². The molecule has 2 aromatic rings. The number of anilines is 1. The number of nitro groups is 1. The minimum Gasteiger partial charge on any atom is -0.294 e. The zero-order chi connectivity index (χ0) is 20.7. The number of aryl methyl sites for hydroxylation is 1. The number of Topliss-reactive ketones (excluding diaryl/α,β-unsaturated/α-hetero) is 1. The topological polar surface area (TPSA) is 80.5 Å². The van der Waals surface area contributed by atoms with Gasteiger partial charge < -0.3 is 0 Å². The molecule has 0 spiro atoms. The van der Waals surface area contributed by atoms with Crippen LogP contribution in [0.5, 0.6) is 0 Å². The number of hydrogen-bond acceptors (Lipinski definition) is 4. The van der Waals surface area contributed by atoms with Gasteiger partial charge in [0.05, 0.1) is 4.92 Å². The third-order valence-electron chi connectivity index (χ3n) is 5.52. The van der Waals surface area contributed by atoms with Crippen molar-refractivity contribution in [3.05, 3.63) is 79.4 Å². The first-order valence-electron chi connectivity index (χ1n) is 9.46. The highest BCUT2D eigenvalue weighted by Gasteiger charge is 2.41. The van der Waals surface area contributed by atoms with Crippen LogP contribution in [0.25, 0.3) is 0 Å². The molecular weight excluding hydrogens is 436 g/mol. The van der Waals surface area contributed by atoms with E-state index >= 15 is 0 Å². The summed E-state index contributed by atoms with van der Waals surface area (Å²) >= 11 is 3.41. The first kappa shape index (κ1) is 19.5. The molecule has 0 saturated carbocycles. The van der Waals surface area contributed by atoms with Gasteiger partial charge in [-0.2, -0.15) is 0 Å². The van der Waals surface area contributed by atoms with Crippen molar-refractivity contribution in [3.63, 3.8) is 0 Å². The second kappa shape index (κ2) is 7.55. The summed E-state index contributed by atoms with van der Waals surface area (Å²) in [6, 6.07) is 12.4. The molecule has 0 saturated heterocycles. The lowest BCUT2D eigenvalue weighted by Crippen LogP contribution is -2.40. The molecule has 1 aliphatic carbocycles. The fraction of sp³-hybridized carbons (Fsp3) is 0.273. The Bertz CT molecular complexity index is 1060. The Morgan fingerprint density at radius 1 is 1.10 bits per heavy atom. The molecule has 6 nitrogen and oxygen atoms in total. The highest BCUT2D eigenvalue weighted by atomic mass is 79.9. The van der Waals surface area contributed by atoms with Gasteiger partial charge in [-0.05, 0) is 49.1 Å². The second-order valence-corrected chi connectivity index (χ2v) is 8.34. The predicted molar refractivity (Wildman–Crippen MR) is 113 cm³/mol. The largest absolute Gasteiger partial charge is 0.294 e. The Morgan fingerprint density at radius 3 is 2.52 bits per heavy atom. The molecule has 29 heavy (non-hydrogen) atoms. The van der Waals surface area contributed by atoms with Crippen LogP contribution in [0.15, 0.2) is 58.2 Å². The molecule has 2 aliphatic rings. The average molecular weight is 455 g/mol. The number of nitro benzene ring substituents is 1. The lowest BCUT2D eigenvalue weighted by atomic mass is 9.77. The van der Waals surface area contributed by atoms with Crippen LogP contribution in [0.3, 0.4) is 0 Å². The lowest BCUT2D eigenvalue weighted by Gasteiger charge is -2.38. The third-order valence-corrected chi connectivity index (χ3v) is 6.04. The Hall–Kier alpha value is -2.80. The summed E-state index contributed by atoms with van der Waals surface area (Å²) in [7, 11) is 0. The Labute approximate surface area is 176 Å². The van der Waals surface area contributed by atoms with Crippen LogP contribution in [-0.4, -0.2) is 16.6 Å².